The molecule has 152 valence electrons. The second kappa shape index (κ2) is 7.91. The molecule has 0 atom stereocenters. The highest BCUT2D eigenvalue weighted by molar-refractivity contribution is 7.18. The Hall–Kier alpha value is -2.79. The van der Waals surface area contributed by atoms with Gasteiger partial charge in [-0.25, -0.2) is 14.8 Å². The van der Waals surface area contributed by atoms with E-state index in [1.54, 1.807) is 13.8 Å². The molecule has 0 bridgehead atoms. The minimum atomic E-state index is -4.42. The van der Waals surface area contributed by atoms with Crippen LogP contribution < -0.4 is 5.32 Å². The average molecular weight is 441 g/mol. The number of carbonyl (C=O) groups is 2. The van der Waals surface area contributed by atoms with Gasteiger partial charge in [0, 0.05) is 5.56 Å². The number of aromatic nitrogens is 2. The first-order chi connectivity index (χ1) is 13.6. The number of hydrogen-bond donors (Lipinski definition) is 1. The maximum atomic E-state index is 12.7. The van der Waals surface area contributed by atoms with Gasteiger partial charge < -0.3 is 4.74 Å². The Kier molecular flexibility index (Phi) is 5.71. The number of benzene rings is 1. The summed E-state index contributed by atoms with van der Waals surface area (Å²) in [6, 6.07) is 4.57. The lowest BCUT2D eigenvalue weighted by atomic mass is 10.1. The van der Waals surface area contributed by atoms with Crippen molar-refractivity contribution in [3.63, 3.8) is 0 Å². The van der Waals surface area contributed by atoms with E-state index in [1.165, 1.54) is 19.2 Å². The SMILES string of the molecule is COC(=O)c1sc(NC(=O)c2sc(-c3ccc(C(F)(F)F)cc3)nc2C)nc1C. The van der Waals surface area contributed by atoms with Crippen molar-refractivity contribution in [2.75, 3.05) is 12.4 Å². The Morgan fingerprint density at radius 1 is 1.00 bits per heavy atom. The number of halogens is 3. The van der Waals surface area contributed by atoms with Crippen LogP contribution in [0, 0.1) is 13.8 Å². The summed E-state index contributed by atoms with van der Waals surface area (Å²) in [4.78, 5) is 33.3. The zero-order chi connectivity index (χ0) is 21.3. The summed E-state index contributed by atoms with van der Waals surface area (Å²) >= 11 is 2.04. The third-order valence-corrected chi connectivity index (χ3v) is 6.11. The van der Waals surface area contributed by atoms with Crippen molar-refractivity contribution in [2.24, 2.45) is 0 Å². The molecule has 0 radical (unpaired) electrons. The summed E-state index contributed by atoms with van der Waals surface area (Å²) in [6.07, 6.45) is -4.42. The highest BCUT2D eigenvalue weighted by atomic mass is 32.1. The van der Waals surface area contributed by atoms with Crippen molar-refractivity contribution in [3.05, 3.63) is 51.0 Å². The summed E-state index contributed by atoms with van der Waals surface area (Å²) in [5.74, 6) is -1.01. The second-order valence-electron chi connectivity index (χ2n) is 5.89. The van der Waals surface area contributed by atoms with E-state index in [0.29, 0.717) is 26.8 Å². The summed E-state index contributed by atoms with van der Waals surface area (Å²) in [6.45, 7) is 3.26. The lowest BCUT2D eigenvalue weighted by Crippen LogP contribution is -2.11. The smallest absolute Gasteiger partial charge is 0.416 e. The van der Waals surface area contributed by atoms with Gasteiger partial charge in [-0.1, -0.05) is 23.5 Å². The molecule has 0 fully saturated rings. The molecule has 11 heteroatoms. The molecule has 0 aliphatic rings. The Balaban J connectivity index is 1.81. The van der Waals surface area contributed by atoms with Crippen LogP contribution in [0.5, 0.6) is 0 Å². The van der Waals surface area contributed by atoms with Gasteiger partial charge in [0.1, 0.15) is 14.8 Å². The number of alkyl halides is 3. The average Bonchev–Trinajstić information content (AvgIpc) is 3.23. The molecule has 1 amide bonds. The van der Waals surface area contributed by atoms with E-state index in [0.717, 1.165) is 34.8 Å². The molecular weight excluding hydrogens is 427 g/mol. The zero-order valence-corrected chi connectivity index (χ0v) is 17.0. The number of nitrogens with one attached hydrogen (secondary N) is 1. The lowest BCUT2D eigenvalue weighted by Gasteiger charge is -2.06. The second-order valence-corrected chi connectivity index (χ2v) is 7.89. The maximum Gasteiger partial charge on any atom is 0.416 e. The molecule has 0 aliphatic carbocycles. The van der Waals surface area contributed by atoms with Gasteiger partial charge in [0.05, 0.1) is 24.1 Å². The summed E-state index contributed by atoms with van der Waals surface area (Å²) in [7, 11) is 1.25. The van der Waals surface area contributed by atoms with E-state index in [2.05, 4.69) is 20.0 Å². The highest BCUT2D eigenvalue weighted by Crippen LogP contribution is 2.33. The van der Waals surface area contributed by atoms with Gasteiger partial charge in [0.25, 0.3) is 5.91 Å². The van der Waals surface area contributed by atoms with Crippen LogP contribution in [0.3, 0.4) is 0 Å². The van der Waals surface area contributed by atoms with E-state index < -0.39 is 23.6 Å². The minimum absolute atomic E-state index is 0.233. The van der Waals surface area contributed by atoms with Gasteiger partial charge in [-0.2, -0.15) is 13.2 Å². The number of carbonyl (C=O) groups excluding carboxylic acids is 2. The fraction of sp³-hybridized carbons (Fsp3) is 0.222. The van der Waals surface area contributed by atoms with Crippen LogP contribution >= 0.6 is 22.7 Å². The van der Waals surface area contributed by atoms with Gasteiger partial charge in [-0.05, 0) is 26.0 Å². The van der Waals surface area contributed by atoms with E-state index in [-0.39, 0.29) is 10.0 Å². The number of esters is 1. The molecule has 3 aromatic rings. The van der Waals surface area contributed by atoms with Crippen LogP contribution in [-0.4, -0.2) is 29.0 Å². The van der Waals surface area contributed by atoms with Crippen molar-refractivity contribution in [2.45, 2.75) is 20.0 Å². The molecule has 0 saturated carbocycles. The van der Waals surface area contributed by atoms with Gasteiger partial charge in [0.15, 0.2) is 5.13 Å². The van der Waals surface area contributed by atoms with E-state index in [9.17, 15) is 22.8 Å². The molecule has 0 unspecified atom stereocenters. The first kappa shape index (κ1) is 20.9. The largest absolute Gasteiger partial charge is 0.465 e. The number of hydrogen-bond acceptors (Lipinski definition) is 7. The van der Waals surface area contributed by atoms with Crippen molar-refractivity contribution in [1.82, 2.24) is 9.97 Å². The number of thiazole rings is 2. The maximum absolute atomic E-state index is 12.7. The zero-order valence-electron chi connectivity index (χ0n) is 15.4. The minimum Gasteiger partial charge on any atom is -0.465 e. The van der Waals surface area contributed by atoms with Crippen molar-refractivity contribution in [3.8, 4) is 10.6 Å². The molecule has 0 spiro atoms. The molecule has 1 aromatic carbocycles. The number of ether oxygens (including phenoxy) is 1. The Morgan fingerprint density at radius 3 is 2.21 bits per heavy atom. The molecule has 2 aromatic heterocycles. The third-order valence-electron chi connectivity index (χ3n) is 3.85. The topological polar surface area (TPSA) is 81.2 Å². The molecule has 0 aliphatic heterocycles. The quantitative estimate of drug-likeness (QED) is 0.580. The van der Waals surface area contributed by atoms with E-state index >= 15 is 0 Å². The van der Waals surface area contributed by atoms with Crippen LogP contribution in [0.15, 0.2) is 24.3 Å². The van der Waals surface area contributed by atoms with Crippen LogP contribution in [-0.2, 0) is 10.9 Å². The standard InChI is InChI=1S/C18H14F3N3O3S2/c1-8-12(14(25)24-17-23-9(2)13(29-17)16(26)27-3)28-15(22-8)10-4-6-11(7-5-10)18(19,20)21/h4-7H,1-3H3,(H,23,24,25). The predicted octanol–water partition coefficient (Wildman–Crippen LogP) is 4.94. The molecular formula is C18H14F3N3O3S2. The Labute approximate surface area is 171 Å². The molecule has 3 rings (SSSR count). The molecule has 0 saturated heterocycles. The van der Waals surface area contributed by atoms with E-state index in [1.807, 2.05) is 0 Å². The normalized spacial score (nSPS) is 11.4. The first-order valence-corrected chi connectivity index (χ1v) is 9.75. The molecule has 2 heterocycles. The molecule has 6 nitrogen and oxygen atoms in total. The lowest BCUT2D eigenvalue weighted by molar-refractivity contribution is -0.137. The Morgan fingerprint density at radius 2 is 1.62 bits per heavy atom. The highest BCUT2D eigenvalue weighted by Gasteiger charge is 2.30. The number of rotatable bonds is 4. The van der Waals surface area contributed by atoms with Gasteiger partial charge in [0.2, 0.25) is 0 Å². The van der Waals surface area contributed by atoms with E-state index in [4.69, 9.17) is 0 Å². The predicted molar refractivity (Wildman–Crippen MR) is 103 cm³/mol. The number of amides is 1. The first-order valence-electron chi connectivity index (χ1n) is 8.12. The number of aryl methyl sites for hydroxylation is 2. The van der Waals surface area contributed by atoms with Gasteiger partial charge in [-0.15, -0.1) is 11.3 Å². The monoisotopic (exact) mass is 441 g/mol. The molecule has 1 N–H and O–H groups in total. The molecule has 29 heavy (non-hydrogen) atoms. The van der Waals surface area contributed by atoms with Gasteiger partial charge in [-0.3, -0.25) is 10.1 Å². The number of nitrogens with zero attached hydrogens (tertiary/aromatic N) is 2. The van der Waals surface area contributed by atoms with Crippen LogP contribution in [0.1, 0.15) is 36.3 Å². The fourth-order valence-electron chi connectivity index (χ4n) is 2.42. The van der Waals surface area contributed by atoms with Crippen molar-refractivity contribution < 1.29 is 27.5 Å². The van der Waals surface area contributed by atoms with Gasteiger partial charge >= 0.3 is 12.1 Å². The Bertz CT molecular complexity index is 1070. The van der Waals surface area contributed by atoms with Crippen molar-refractivity contribution in [1.29, 1.82) is 0 Å². The number of methoxy groups -OCH3 is 1. The van der Waals surface area contributed by atoms with Crippen LogP contribution in [0.4, 0.5) is 18.3 Å². The van der Waals surface area contributed by atoms with Crippen molar-refractivity contribution >= 4 is 39.7 Å². The third kappa shape index (κ3) is 4.46. The summed E-state index contributed by atoms with van der Waals surface area (Å²) in [5.41, 5.74) is 0.587. The number of anilines is 1. The summed E-state index contributed by atoms with van der Waals surface area (Å²) < 4.78 is 42.8. The fourth-order valence-corrected chi connectivity index (χ4v) is 4.26. The van der Waals surface area contributed by atoms with Crippen LogP contribution in [0.2, 0.25) is 0 Å². The van der Waals surface area contributed by atoms with Crippen LogP contribution in [0.25, 0.3) is 10.6 Å². The summed E-state index contributed by atoms with van der Waals surface area (Å²) in [5, 5.41) is 3.27.